The first-order valence-electron chi connectivity index (χ1n) is 2.27. The van der Waals surface area contributed by atoms with Crippen LogP contribution in [0.3, 0.4) is 0 Å². The van der Waals surface area contributed by atoms with Crippen molar-refractivity contribution in [3.63, 3.8) is 0 Å². The van der Waals surface area contributed by atoms with Crippen LogP contribution in [0.25, 0.3) is 0 Å². The molecule has 7 heteroatoms. The maximum atomic E-state index is 12.0. The second-order valence-corrected chi connectivity index (χ2v) is 3.58. The average molecular weight is 192 g/mol. The first kappa shape index (κ1) is 10.1. The Labute approximate surface area is 62.6 Å². The lowest BCUT2D eigenvalue weighted by molar-refractivity contribution is 0.0782. The number of alkyl halides is 2. The maximum Gasteiger partial charge on any atom is 0.370 e. The summed E-state index contributed by atoms with van der Waals surface area (Å²) in [5, 5.41) is -4.06. The molecule has 0 saturated carbocycles. The van der Waals surface area contributed by atoms with Gasteiger partial charge in [-0.3, -0.25) is 4.55 Å². The van der Waals surface area contributed by atoms with E-state index in [-0.39, 0.29) is 5.75 Å². The maximum absolute atomic E-state index is 12.0. The van der Waals surface area contributed by atoms with Crippen molar-refractivity contribution in [1.29, 1.82) is 0 Å². The van der Waals surface area contributed by atoms with Crippen molar-refractivity contribution in [1.82, 2.24) is 0 Å². The van der Waals surface area contributed by atoms with E-state index in [0.29, 0.717) is 0 Å². The highest BCUT2D eigenvalue weighted by atomic mass is 32.2. The molecule has 0 amide bonds. The second-order valence-electron chi connectivity index (χ2n) is 1.59. The van der Waals surface area contributed by atoms with Crippen LogP contribution in [-0.2, 0) is 10.1 Å². The van der Waals surface area contributed by atoms with Crippen molar-refractivity contribution in [2.75, 3.05) is 5.75 Å². The van der Waals surface area contributed by atoms with Gasteiger partial charge < -0.3 is 0 Å². The highest BCUT2D eigenvalue weighted by molar-refractivity contribution is 7.87. The zero-order chi connectivity index (χ0) is 8.41. The molecule has 0 radical (unpaired) electrons. The van der Waals surface area contributed by atoms with Gasteiger partial charge in [-0.1, -0.05) is 0 Å². The number of hydrogen-bond acceptors (Lipinski definition) is 3. The molecule has 3 nitrogen and oxygen atoms in total. The van der Waals surface area contributed by atoms with Crippen molar-refractivity contribution >= 4 is 22.7 Å². The zero-order valence-corrected chi connectivity index (χ0v) is 6.50. The zero-order valence-electron chi connectivity index (χ0n) is 4.79. The van der Waals surface area contributed by atoms with Crippen LogP contribution in [-0.4, -0.2) is 24.0 Å². The molecule has 0 fully saturated rings. The summed E-state index contributed by atoms with van der Waals surface area (Å²) >= 11 is 3.39. The van der Waals surface area contributed by atoms with Crippen LogP contribution < -0.4 is 0 Å². The molecule has 0 aromatic rings. The Morgan fingerprint density at radius 1 is 1.50 bits per heavy atom. The minimum absolute atomic E-state index is 0.299. The smallest absolute Gasteiger partial charge is 0.281 e. The third-order valence-electron chi connectivity index (χ3n) is 0.780. The third kappa shape index (κ3) is 2.39. The van der Waals surface area contributed by atoms with Crippen LogP contribution in [0, 0.1) is 0 Å². The predicted molar refractivity (Wildman–Crippen MR) is 35.0 cm³/mol. The van der Waals surface area contributed by atoms with E-state index in [0.717, 1.165) is 0 Å². The van der Waals surface area contributed by atoms with Crippen LogP contribution in [0.2, 0.25) is 0 Å². The summed E-state index contributed by atoms with van der Waals surface area (Å²) < 4.78 is 51.6. The molecule has 0 aromatic heterocycles. The summed E-state index contributed by atoms with van der Waals surface area (Å²) in [5.74, 6) is -0.299. The van der Waals surface area contributed by atoms with Gasteiger partial charge in [-0.25, -0.2) is 0 Å². The summed E-state index contributed by atoms with van der Waals surface area (Å²) in [6.45, 7) is 0. The Balaban J connectivity index is 4.42. The molecule has 0 rings (SSSR count). The van der Waals surface area contributed by atoms with Crippen LogP contribution in [0.1, 0.15) is 6.42 Å². The van der Waals surface area contributed by atoms with E-state index in [1.54, 1.807) is 0 Å². The van der Waals surface area contributed by atoms with E-state index in [1.165, 1.54) is 0 Å². The summed E-state index contributed by atoms with van der Waals surface area (Å²) in [6, 6.07) is 0. The number of thiol groups is 1. The van der Waals surface area contributed by atoms with Crippen molar-refractivity contribution < 1.29 is 21.8 Å². The molecule has 0 aromatic carbocycles. The normalized spacial score (nSPS) is 13.6. The molecule has 0 aliphatic rings. The number of rotatable bonds is 3. The van der Waals surface area contributed by atoms with E-state index in [2.05, 4.69) is 12.6 Å². The number of halogens is 2. The van der Waals surface area contributed by atoms with Crippen LogP contribution in [0.15, 0.2) is 0 Å². The Morgan fingerprint density at radius 3 is 2.00 bits per heavy atom. The van der Waals surface area contributed by atoms with E-state index >= 15 is 0 Å². The molecular weight excluding hydrogens is 186 g/mol. The Morgan fingerprint density at radius 2 is 1.90 bits per heavy atom. The Bertz CT molecular complexity index is 198. The average Bonchev–Trinajstić information content (AvgIpc) is 1.61. The highest BCUT2D eigenvalue weighted by Crippen LogP contribution is 2.24. The lowest BCUT2D eigenvalue weighted by Gasteiger charge is -2.09. The monoisotopic (exact) mass is 192 g/mol. The van der Waals surface area contributed by atoms with Gasteiger partial charge in [0.05, 0.1) is 0 Å². The van der Waals surface area contributed by atoms with Gasteiger partial charge >= 0.3 is 15.4 Å². The predicted octanol–water partition coefficient (Wildman–Crippen LogP) is 0.787. The molecule has 0 bridgehead atoms. The standard InChI is InChI=1S/C3H6F2O3S2/c4-3(5,1-2-9)10(6,7)8/h9H,1-2H2,(H,6,7,8). The van der Waals surface area contributed by atoms with Gasteiger partial charge in [0.2, 0.25) is 0 Å². The molecule has 62 valence electrons. The molecule has 0 aliphatic heterocycles. The highest BCUT2D eigenvalue weighted by Gasteiger charge is 2.42. The third-order valence-corrected chi connectivity index (χ3v) is 1.96. The number of hydrogen-bond donors (Lipinski definition) is 2. The lowest BCUT2D eigenvalue weighted by atomic mass is 10.5. The van der Waals surface area contributed by atoms with Crippen molar-refractivity contribution in [3.8, 4) is 0 Å². The van der Waals surface area contributed by atoms with Gasteiger partial charge in [0.1, 0.15) is 0 Å². The van der Waals surface area contributed by atoms with Crippen molar-refractivity contribution in [2.45, 2.75) is 11.7 Å². The molecule has 0 saturated heterocycles. The molecule has 0 heterocycles. The van der Waals surface area contributed by atoms with Gasteiger partial charge in [-0.2, -0.15) is 29.8 Å². The molecule has 10 heavy (non-hydrogen) atoms. The molecule has 0 atom stereocenters. The summed E-state index contributed by atoms with van der Waals surface area (Å²) in [5.41, 5.74) is 0. The van der Waals surface area contributed by atoms with E-state index in [9.17, 15) is 17.2 Å². The molecule has 1 N–H and O–H groups in total. The second kappa shape index (κ2) is 3.02. The molecular formula is C3H6F2O3S2. The summed E-state index contributed by atoms with van der Waals surface area (Å²) in [7, 11) is -5.25. The van der Waals surface area contributed by atoms with Gasteiger partial charge in [0.25, 0.3) is 0 Å². The fourth-order valence-electron chi connectivity index (χ4n) is 0.259. The summed E-state index contributed by atoms with van der Waals surface area (Å²) in [6.07, 6.45) is -0.977. The largest absolute Gasteiger partial charge is 0.370 e. The molecule has 0 aliphatic carbocycles. The minimum atomic E-state index is -5.25. The SMILES string of the molecule is O=S(=O)(O)C(F)(F)CCS. The summed E-state index contributed by atoms with van der Waals surface area (Å²) in [4.78, 5) is 0. The minimum Gasteiger partial charge on any atom is -0.281 e. The first-order chi connectivity index (χ1) is 4.31. The molecule has 0 unspecified atom stereocenters. The first-order valence-corrected chi connectivity index (χ1v) is 4.34. The molecule has 0 spiro atoms. The van der Waals surface area contributed by atoms with Crippen molar-refractivity contribution in [3.05, 3.63) is 0 Å². The van der Waals surface area contributed by atoms with E-state index in [4.69, 9.17) is 4.55 Å². The van der Waals surface area contributed by atoms with Crippen LogP contribution in [0.5, 0.6) is 0 Å². The van der Waals surface area contributed by atoms with Gasteiger partial charge in [-0.05, 0) is 5.75 Å². The quantitative estimate of drug-likeness (QED) is 0.513. The fraction of sp³-hybridized carbons (Fsp3) is 1.00. The van der Waals surface area contributed by atoms with E-state index < -0.39 is 21.8 Å². The topological polar surface area (TPSA) is 54.4 Å². The van der Waals surface area contributed by atoms with E-state index in [1.807, 2.05) is 0 Å². The Hall–Kier alpha value is 0.120. The van der Waals surface area contributed by atoms with Crippen LogP contribution in [0.4, 0.5) is 8.78 Å². The Kier molecular flexibility index (Phi) is 3.05. The fourth-order valence-corrected chi connectivity index (χ4v) is 1.05. The van der Waals surface area contributed by atoms with Gasteiger partial charge in [0.15, 0.2) is 0 Å². The van der Waals surface area contributed by atoms with Crippen LogP contribution >= 0.6 is 12.6 Å². The van der Waals surface area contributed by atoms with Gasteiger partial charge in [0, 0.05) is 6.42 Å². The van der Waals surface area contributed by atoms with Crippen molar-refractivity contribution in [2.24, 2.45) is 0 Å². The van der Waals surface area contributed by atoms with Gasteiger partial charge in [-0.15, -0.1) is 0 Å². The lowest BCUT2D eigenvalue weighted by Crippen LogP contribution is -2.28.